The Morgan fingerprint density at radius 2 is 1.05 bits per heavy atom. The molecule has 0 atom stereocenters. The fourth-order valence-electron chi connectivity index (χ4n) is 1.21. The van der Waals surface area contributed by atoms with E-state index in [9.17, 15) is 0 Å². The van der Waals surface area contributed by atoms with E-state index in [1.807, 2.05) is 91.8 Å². The average Bonchev–Trinajstić information content (AvgIpc) is 3.17. The third-order valence-electron chi connectivity index (χ3n) is 2.10. The minimum absolute atomic E-state index is 0. The first kappa shape index (κ1) is 21.4. The van der Waals surface area contributed by atoms with Gasteiger partial charge in [-0.2, -0.15) is 0 Å². The van der Waals surface area contributed by atoms with E-state index in [1.54, 1.807) is 6.08 Å². The average molecular weight is 360 g/mol. The second-order valence-electron chi connectivity index (χ2n) is 3.50. The van der Waals surface area contributed by atoms with E-state index in [0.717, 1.165) is 5.56 Å². The summed E-state index contributed by atoms with van der Waals surface area (Å²) in [5, 5.41) is 0. The predicted octanol–water partition coefficient (Wildman–Crippen LogP) is 1.77. The van der Waals surface area contributed by atoms with Crippen LogP contribution in [0.3, 0.4) is 0 Å². The monoisotopic (exact) mass is 358 g/mol. The van der Waals surface area contributed by atoms with Crippen LogP contribution < -0.4 is 12.4 Å². The fourth-order valence-corrected chi connectivity index (χ4v) is 1.21. The van der Waals surface area contributed by atoms with Crippen molar-refractivity contribution in [1.29, 1.82) is 0 Å². The summed E-state index contributed by atoms with van der Waals surface area (Å²) in [5.74, 6) is 0. The second kappa shape index (κ2) is 16.1. The van der Waals surface area contributed by atoms with Crippen molar-refractivity contribution in [2.24, 2.45) is 0 Å². The molecule has 0 amide bonds. The Morgan fingerprint density at radius 1 is 0.650 bits per heavy atom. The first-order chi connectivity index (χ1) is 8.93. The zero-order valence-electron chi connectivity index (χ0n) is 11.2. The molecule has 0 heterocycles. The Morgan fingerprint density at radius 3 is 1.25 bits per heavy atom. The number of rotatable bonds is 1. The topological polar surface area (TPSA) is 0 Å². The van der Waals surface area contributed by atoms with Crippen LogP contribution in [-0.4, -0.2) is 0 Å². The van der Waals surface area contributed by atoms with E-state index < -0.39 is 0 Å². The molecule has 1 aromatic rings. The van der Waals surface area contributed by atoms with Gasteiger partial charge in [0.05, 0.1) is 0 Å². The maximum atomic E-state index is 5.22. The second-order valence-corrected chi connectivity index (χ2v) is 3.50. The summed E-state index contributed by atoms with van der Waals surface area (Å²) in [6.45, 7) is 5.22. The molecule has 2 aliphatic rings. The van der Waals surface area contributed by atoms with Crippen molar-refractivity contribution in [2.75, 3.05) is 0 Å². The maximum Gasteiger partial charge on any atom is 0.00506 e. The Hall–Kier alpha value is -0.907. The van der Waals surface area contributed by atoms with Gasteiger partial charge in [-0.3, -0.25) is 0 Å². The van der Waals surface area contributed by atoms with Crippen LogP contribution in [0.15, 0.2) is 78.9 Å². The van der Waals surface area contributed by atoms with Gasteiger partial charge in [0, 0.05) is 39.0 Å². The van der Waals surface area contributed by atoms with Gasteiger partial charge in [0.15, 0.2) is 0 Å². The molecule has 0 saturated heterocycles. The van der Waals surface area contributed by atoms with Gasteiger partial charge in [0.1, 0.15) is 0 Å². The standard InChI is InChI=1S/C8H7.2C5H5.ClH.Zr/c1-2-8-6-4-3-5-7-8;2*1-2-4-5-3-1;;/h1-7H;2*1-5H;1H;/p-1. The number of hydrogen-bond donors (Lipinski definition) is 0. The maximum absolute atomic E-state index is 5.22. The van der Waals surface area contributed by atoms with Crippen molar-refractivity contribution >= 4 is 6.08 Å². The summed E-state index contributed by atoms with van der Waals surface area (Å²) in [5.41, 5.74) is 1.06. The molecule has 101 valence electrons. The van der Waals surface area contributed by atoms with Crippen LogP contribution in [-0.2, 0) is 26.2 Å². The molecule has 20 heavy (non-hydrogen) atoms. The number of halogens is 1. The Balaban J connectivity index is 0. The zero-order chi connectivity index (χ0) is 12.9. The molecule has 3 rings (SSSR count). The van der Waals surface area contributed by atoms with E-state index in [1.165, 1.54) is 0 Å². The molecule has 0 nitrogen and oxygen atoms in total. The minimum atomic E-state index is 0. The summed E-state index contributed by atoms with van der Waals surface area (Å²) in [6, 6.07) is 9.80. The summed E-state index contributed by atoms with van der Waals surface area (Å²) in [7, 11) is 0. The molecule has 0 N–H and O–H groups in total. The van der Waals surface area contributed by atoms with Gasteiger partial charge in [-0.15, -0.1) is 0 Å². The Bertz CT molecular complexity index is 400. The van der Waals surface area contributed by atoms with Crippen LogP contribution in [0.1, 0.15) is 5.56 Å². The first-order valence-corrected chi connectivity index (χ1v) is 5.87. The van der Waals surface area contributed by atoms with E-state index in [0.29, 0.717) is 0 Å². The Labute approximate surface area is 148 Å². The van der Waals surface area contributed by atoms with Gasteiger partial charge in [-0.25, -0.2) is 0 Å². The van der Waals surface area contributed by atoms with Crippen molar-refractivity contribution in [3.05, 3.63) is 104 Å². The number of allylic oxidation sites excluding steroid dienone is 8. The van der Waals surface area contributed by atoms with E-state index >= 15 is 0 Å². The summed E-state index contributed by atoms with van der Waals surface area (Å²) < 4.78 is 0. The third-order valence-corrected chi connectivity index (χ3v) is 2.10. The smallest absolute Gasteiger partial charge is 0.00506 e. The predicted molar refractivity (Wildman–Crippen MR) is 80.4 cm³/mol. The third kappa shape index (κ3) is 12.1. The molecular weight excluding hydrogens is 343 g/mol. The SMILES string of the molecule is [CH]1C=CC=C1.[CH]1C=CC=C1.[CH]=Cc1ccccc1.[Cl-].[Zr]. The van der Waals surface area contributed by atoms with E-state index in [-0.39, 0.29) is 38.6 Å². The van der Waals surface area contributed by atoms with Gasteiger partial charge in [0.25, 0.3) is 0 Å². The summed E-state index contributed by atoms with van der Waals surface area (Å²) in [6.07, 6.45) is 21.6. The van der Waals surface area contributed by atoms with Crippen LogP contribution >= 0.6 is 0 Å². The van der Waals surface area contributed by atoms with Gasteiger partial charge < -0.3 is 12.4 Å². The quantitative estimate of drug-likeness (QED) is 0.717. The molecule has 0 aliphatic heterocycles. The Kier molecular flexibility index (Phi) is 17.3. The summed E-state index contributed by atoms with van der Waals surface area (Å²) in [4.78, 5) is 0. The van der Waals surface area contributed by atoms with E-state index in [2.05, 4.69) is 0 Å². The number of benzene rings is 1. The van der Waals surface area contributed by atoms with Crippen LogP contribution in [0.25, 0.3) is 6.08 Å². The van der Waals surface area contributed by atoms with Crippen molar-refractivity contribution < 1.29 is 38.6 Å². The molecule has 3 radical (unpaired) electrons. The number of hydrogen-bond acceptors (Lipinski definition) is 0. The van der Waals surface area contributed by atoms with Gasteiger partial charge >= 0.3 is 0 Å². The molecule has 0 saturated carbocycles. The van der Waals surface area contributed by atoms with Crippen molar-refractivity contribution in [3.8, 4) is 0 Å². The first-order valence-electron chi connectivity index (χ1n) is 5.87. The largest absolute Gasteiger partial charge is 1.00 e. The van der Waals surface area contributed by atoms with Crippen LogP contribution in [0.4, 0.5) is 0 Å². The van der Waals surface area contributed by atoms with Crippen LogP contribution in [0, 0.1) is 19.4 Å². The normalized spacial score (nSPS) is 12.2. The van der Waals surface area contributed by atoms with Crippen molar-refractivity contribution in [3.63, 3.8) is 0 Å². The molecule has 0 aromatic heterocycles. The minimum Gasteiger partial charge on any atom is -1.00 e. The van der Waals surface area contributed by atoms with Gasteiger partial charge in [0.2, 0.25) is 0 Å². The van der Waals surface area contributed by atoms with Gasteiger partial charge in [-0.05, 0) is 5.56 Å². The molecule has 2 aliphatic carbocycles. The molecule has 1 aromatic carbocycles. The molecule has 0 bridgehead atoms. The zero-order valence-corrected chi connectivity index (χ0v) is 14.4. The van der Waals surface area contributed by atoms with E-state index in [4.69, 9.17) is 6.58 Å². The molecule has 0 unspecified atom stereocenters. The van der Waals surface area contributed by atoms with Crippen LogP contribution in [0.2, 0.25) is 0 Å². The van der Waals surface area contributed by atoms with Crippen molar-refractivity contribution in [1.82, 2.24) is 0 Å². The molecular formula is C18H17ClZr-. The van der Waals surface area contributed by atoms with Crippen molar-refractivity contribution in [2.45, 2.75) is 0 Å². The van der Waals surface area contributed by atoms with Gasteiger partial charge in [-0.1, -0.05) is 91.6 Å². The summed E-state index contributed by atoms with van der Waals surface area (Å²) >= 11 is 0. The molecule has 2 heteroatoms. The molecule has 0 fully saturated rings. The molecule has 0 spiro atoms. The van der Waals surface area contributed by atoms with Crippen LogP contribution in [0.5, 0.6) is 0 Å². The fraction of sp³-hybridized carbons (Fsp3) is 0.